The molecule has 0 saturated carbocycles. The predicted octanol–water partition coefficient (Wildman–Crippen LogP) is 0.263. The van der Waals surface area contributed by atoms with E-state index in [1.807, 2.05) is 6.92 Å². The van der Waals surface area contributed by atoms with Gasteiger partial charge in [0, 0.05) is 20.1 Å². The van der Waals surface area contributed by atoms with Crippen LogP contribution in [-0.4, -0.2) is 39.6 Å². The molecule has 0 spiro atoms. The second kappa shape index (κ2) is 5.18. The smallest absolute Gasteiger partial charge is 0.304 e. The van der Waals surface area contributed by atoms with Crippen molar-refractivity contribution in [1.82, 2.24) is 13.4 Å². The maximum absolute atomic E-state index is 11.8. The molecule has 1 atom stereocenters. The Balaban J connectivity index is 2.32. The van der Waals surface area contributed by atoms with Crippen LogP contribution in [0.2, 0.25) is 0 Å². The van der Waals surface area contributed by atoms with E-state index in [2.05, 4.69) is 11.9 Å². The Kier molecular flexibility index (Phi) is 3.83. The normalized spacial score (nSPS) is 23.2. The Morgan fingerprint density at radius 1 is 1.47 bits per heavy atom. The molecule has 1 unspecified atom stereocenters. The van der Waals surface area contributed by atoms with Crippen LogP contribution in [0.15, 0.2) is 9.79 Å². The van der Waals surface area contributed by atoms with Crippen LogP contribution in [-0.2, 0) is 13.6 Å². The second-order valence-corrected chi connectivity index (χ2v) is 5.68. The van der Waals surface area contributed by atoms with Gasteiger partial charge < -0.3 is 4.90 Å². The van der Waals surface area contributed by atoms with Crippen LogP contribution >= 0.6 is 11.5 Å². The highest BCUT2D eigenvalue weighted by Crippen LogP contribution is 2.10. The topological polar surface area (TPSA) is 42.5 Å². The highest BCUT2D eigenvalue weighted by molar-refractivity contribution is 7.03. The summed E-state index contributed by atoms with van der Waals surface area (Å²) in [7, 11) is 3.92. The molecule has 5 nitrogen and oxygen atoms in total. The minimum absolute atomic E-state index is 0.0421. The summed E-state index contributed by atoms with van der Waals surface area (Å²) in [6.45, 7) is 4.84. The van der Waals surface area contributed by atoms with Gasteiger partial charge in [-0.15, -0.1) is 0 Å². The molecule has 1 aliphatic heterocycles. The van der Waals surface area contributed by atoms with Gasteiger partial charge in [0.15, 0.2) is 0 Å². The maximum atomic E-state index is 11.8. The number of piperidine rings is 1. The van der Waals surface area contributed by atoms with Gasteiger partial charge >= 0.3 is 5.69 Å². The van der Waals surface area contributed by atoms with Gasteiger partial charge in [-0.1, -0.05) is 0 Å². The molecule has 1 fully saturated rings. The number of nitrogens with zero attached hydrogens (tertiary/aromatic N) is 4. The van der Waals surface area contributed by atoms with Crippen molar-refractivity contribution < 1.29 is 0 Å². The van der Waals surface area contributed by atoms with Crippen LogP contribution in [0.3, 0.4) is 0 Å². The fourth-order valence-electron chi connectivity index (χ4n) is 2.23. The third kappa shape index (κ3) is 2.69. The average molecular weight is 256 g/mol. The summed E-state index contributed by atoms with van der Waals surface area (Å²) in [5, 5.41) is 0. The molecule has 0 N–H and O–H groups in total. The molecule has 0 amide bonds. The molecular weight excluding hydrogens is 236 g/mol. The zero-order chi connectivity index (χ0) is 12.4. The van der Waals surface area contributed by atoms with Crippen molar-refractivity contribution in [2.45, 2.75) is 32.4 Å². The molecule has 0 bridgehead atoms. The van der Waals surface area contributed by atoms with E-state index in [0.717, 1.165) is 24.3 Å². The number of hydrogen-bond acceptors (Lipinski definition) is 4. The van der Waals surface area contributed by atoms with E-state index < -0.39 is 0 Å². The summed E-state index contributed by atoms with van der Waals surface area (Å²) in [5.41, 5.74) is 0.0421. The minimum atomic E-state index is 0.0421. The quantitative estimate of drug-likeness (QED) is 0.762. The molecule has 6 heteroatoms. The summed E-state index contributed by atoms with van der Waals surface area (Å²) in [6.07, 6.45) is 2.32. The summed E-state index contributed by atoms with van der Waals surface area (Å²) in [4.78, 5) is 19.7. The number of likely N-dealkylation sites (N-methyl/N-ethyl adjacent to an activating group) is 1. The van der Waals surface area contributed by atoms with Crippen molar-refractivity contribution in [1.29, 1.82) is 0 Å². The molecule has 1 saturated heterocycles. The van der Waals surface area contributed by atoms with E-state index in [1.54, 1.807) is 15.6 Å². The second-order valence-electron chi connectivity index (χ2n) is 4.59. The lowest BCUT2D eigenvalue weighted by atomic mass is 10.1. The lowest BCUT2D eigenvalue weighted by Gasteiger charge is -2.26. The first-order valence-corrected chi connectivity index (χ1v) is 6.88. The molecule has 1 aliphatic rings. The van der Waals surface area contributed by atoms with E-state index in [-0.39, 0.29) is 5.69 Å². The zero-order valence-corrected chi connectivity index (χ0v) is 11.5. The molecule has 96 valence electrons. The SMILES string of the molecule is CCn1c(=NC2CCCN(C)C2)sn(C)c1=O. The summed E-state index contributed by atoms with van der Waals surface area (Å²) < 4.78 is 3.40. The number of likely N-dealkylation sites (tertiary alicyclic amines) is 1. The third-order valence-corrected chi connectivity index (χ3v) is 4.08. The van der Waals surface area contributed by atoms with Crippen molar-refractivity contribution in [3.05, 3.63) is 15.3 Å². The van der Waals surface area contributed by atoms with Crippen molar-refractivity contribution in [3.63, 3.8) is 0 Å². The van der Waals surface area contributed by atoms with Gasteiger partial charge in [0.05, 0.1) is 6.04 Å². The first-order valence-electron chi connectivity index (χ1n) is 6.11. The van der Waals surface area contributed by atoms with Gasteiger partial charge in [-0.2, -0.15) is 0 Å². The van der Waals surface area contributed by atoms with Crippen LogP contribution in [0.1, 0.15) is 19.8 Å². The third-order valence-electron chi connectivity index (χ3n) is 3.16. The molecule has 0 aromatic carbocycles. The van der Waals surface area contributed by atoms with Crippen LogP contribution < -0.4 is 10.5 Å². The fraction of sp³-hybridized carbons (Fsp3) is 0.818. The van der Waals surface area contributed by atoms with Crippen molar-refractivity contribution in [3.8, 4) is 0 Å². The van der Waals surface area contributed by atoms with Gasteiger partial charge in [-0.3, -0.25) is 9.56 Å². The molecule has 17 heavy (non-hydrogen) atoms. The first-order chi connectivity index (χ1) is 8.11. The predicted molar refractivity (Wildman–Crippen MR) is 69.3 cm³/mol. The van der Waals surface area contributed by atoms with Gasteiger partial charge in [-0.25, -0.2) is 8.75 Å². The maximum Gasteiger partial charge on any atom is 0.339 e. The zero-order valence-electron chi connectivity index (χ0n) is 10.7. The summed E-state index contributed by atoms with van der Waals surface area (Å²) in [6, 6.07) is 0.338. The lowest BCUT2D eigenvalue weighted by Crippen LogP contribution is -2.36. The van der Waals surface area contributed by atoms with E-state index in [4.69, 9.17) is 4.99 Å². The molecule has 1 aromatic heterocycles. The molecule has 0 radical (unpaired) electrons. The minimum Gasteiger partial charge on any atom is -0.304 e. The summed E-state index contributed by atoms with van der Waals surface area (Å²) >= 11 is 1.44. The highest BCUT2D eigenvalue weighted by Gasteiger charge is 2.16. The number of aromatic nitrogens is 2. The van der Waals surface area contributed by atoms with Crippen molar-refractivity contribution in [2.75, 3.05) is 20.1 Å². The standard InChI is InChI=1S/C11H20N4OS/c1-4-15-10(17-14(3)11(15)16)12-9-6-5-7-13(2)8-9/h9H,4-8H2,1-3H3. The Morgan fingerprint density at radius 3 is 2.88 bits per heavy atom. The van der Waals surface area contributed by atoms with E-state index in [1.165, 1.54) is 18.0 Å². The van der Waals surface area contributed by atoms with Crippen molar-refractivity contribution in [2.24, 2.45) is 12.0 Å². The van der Waals surface area contributed by atoms with E-state index >= 15 is 0 Å². The lowest BCUT2D eigenvalue weighted by molar-refractivity contribution is 0.250. The Labute approximate surface area is 105 Å². The molecular formula is C11H20N4OS. The average Bonchev–Trinajstić information content (AvgIpc) is 2.54. The fourth-order valence-corrected chi connectivity index (χ4v) is 3.15. The Hall–Kier alpha value is -0.880. The van der Waals surface area contributed by atoms with E-state index in [0.29, 0.717) is 12.6 Å². The van der Waals surface area contributed by atoms with Crippen LogP contribution in [0.4, 0.5) is 0 Å². The number of rotatable bonds is 2. The van der Waals surface area contributed by atoms with Gasteiger partial charge in [0.2, 0.25) is 4.80 Å². The van der Waals surface area contributed by atoms with Crippen LogP contribution in [0.25, 0.3) is 0 Å². The summed E-state index contributed by atoms with van der Waals surface area (Å²) in [5.74, 6) is 0. The number of aryl methyl sites for hydroxylation is 1. The molecule has 1 aromatic rings. The van der Waals surface area contributed by atoms with Gasteiger partial charge in [-0.05, 0) is 44.9 Å². The van der Waals surface area contributed by atoms with E-state index in [9.17, 15) is 4.79 Å². The molecule has 2 rings (SSSR count). The van der Waals surface area contributed by atoms with Gasteiger partial charge in [0.1, 0.15) is 0 Å². The monoisotopic (exact) mass is 256 g/mol. The van der Waals surface area contributed by atoms with Crippen LogP contribution in [0.5, 0.6) is 0 Å². The largest absolute Gasteiger partial charge is 0.339 e. The first kappa shape index (κ1) is 12.6. The molecule has 0 aliphatic carbocycles. The molecule has 2 heterocycles. The number of hydrogen-bond donors (Lipinski definition) is 0. The Bertz CT molecular complexity index is 498. The van der Waals surface area contributed by atoms with Crippen LogP contribution in [0, 0.1) is 0 Å². The Morgan fingerprint density at radius 2 is 2.24 bits per heavy atom. The van der Waals surface area contributed by atoms with Gasteiger partial charge in [0.25, 0.3) is 0 Å². The van der Waals surface area contributed by atoms with Crippen molar-refractivity contribution >= 4 is 11.5 Å². The highest BCUT2D eigenvalue weighted by atomic mass is 32.1.